The Morgan fingerprint density at radius 3 is 2.71 bits per heavy atom. The molecule has 9 nitrogen and oxygen atoms in total. The number of hydrogen-bond donors (Lipinski definition) is 2. The third kappa shape index (κ3) is 6.28. The summed E-state index contributed by atoms with van der Waals surface area (Å²) in [7, 11) is -3.18. The smallest absolute Gasteiger partial charge is 0.331 e. The maximum absolute atomic E-state index is 13.4. The van der Waals surface area contributed by atoms with Crippen molar-refractivity contribution < 1.29 is 27.8 Å². The summed E-state index contributed by atoms with van der Waals surface area (Å²) >= 11 is 4.27. The molecule has 0 radical (unpaired) electrons. The van der Waals surface area contributed by atoms with Crippen molar-refractivity contribution in [1.29, 1.82) is 0 Å². The van der Waals surface area contributed by atoms with Gasteiger partial charge >= 0.3 is 7.60 Å². The molecule has 0 amide bonds. The molecular weight excluding hydrogens is 478 g/mol. The van der Waals surface area contributed by atoms with E-state index in [2.05, 4.69) is 36.7 Å². The van der Waals surface area contributed by atoms with E-state index in [1.54, 1.807) is 13.8 Å². The topological polar surface area (TPSA) is 119 Å². The molecular formula is C15H19BrFN4O5PS. The van der Waals surface area contributed by atoms with E-state index in [0.29, 0.717) is 16.5 Å². The summed E-state index contributed by atoms with van der Waals surface area (Å²) in [5, 5.41) is 23.1. The monoisotopic (exact) mass is 496 g/mol. The van der Waals surface area contributed by atoms with Gasteiger partial charge in [-0.2, -0.15) is 0 Å². The summed E-state index contributed by atoms with van der Waals surface area (Å²) in [6.07, 6.45) is 0.162. The zero-order valence-electron chi connectivity index (χ0n) is 15.1. The summed E-state index contributed by atoms with van der Waals surface area (Å²) in [5.41, 5.74) is 0.604. The van der Waals surface area contributed by atoms with Crippen LogP contribution in [0, 0.1) is 5.82 Å². The van der Waals surface area contributed by atoms with Gasteiger partial charge in [-0.3, -0.25) is 4.57 Å². The largest absolute Gasteiger partial charge is 0.409 e. The Morgan fingerprint density at radius 2 is 2.11 bits per heavy atom. The predicted octanol–water partition coefficient (Wildman–Crippen LogP) is 4.58. The van der Waals surface area contributed by atoms with E-state index in [9.17, 15) is 14.2 Å². The standard InChI is InChI=1S/C15H19BrFN4O5PS/c1-3-24-27(23,25-4-2)7-8-28-15-13(20-26-21-15)14(19-22)18-10-5-6-12(17)11(16)9-10/h5-6,9,22H,3-4,7-8H2,1-2H3,(H,18,19). The highest BCUT2D eigenvalue weighted by Gasteiger charge is 2.25. The number of oxime groups is 1. The molecule has 1 aromatic heterocycles. The lowest BCUT2D eigenvalue weighted by atomic mass is 10.3. The fourth-order valence-corrected chi connectivity index (χ4v) is 5.38. The van der Waals surface area contributed by atoms with Crippen LogP contribution < -0.4 is 5.32 Å². The number of nitrogens with zero attached hydrogens (tertiary/aromatic N) is 3. The number of aromatic nitrogens is 2. The molecule has 13 heteroatoms. The maximum Gasteiger partial charge on any atom is 0.331 e. The zero-order chi connectivity index (χ0) is 20.6. The summed E-state index contributed by atoms with van der Waals surface area (Å²) in [5.74, 6) is -0.125. The number of thioether (sulfide) groups is 1. The molecule has 1 aromatic carbocycles. The van der Waals surface area contributed by atoms with E-state index in [1.807, 2.05) is 0 Å². The van der Waals surface area contributed by atoms with E-state index in [1.165, 1.54) is 30.0 Å². The Labute approximate surface area is 173 Å². The third-order valence-electron chi connectivity index (χ3n) is 3.22. The first-order valence-electron chi connectivity index (χ1n) is 8.20. The quantitative estimate of drug-likeness (QED) is 0.121. The van der Waals surface area contributed by atoms with Gasteiger partial charge in [0.15, 0.2) is 10.7 Å². The van der Waals surface area contributed by atoms with Crippen molar-refractivity contribution in [3.05, 3.63) is 34.2 Å². The molecule has 0 spiro atoms. The summed E-state index contributed by atoms with van der Waals surface area (Å²) in [6, 6.07) is 4.18. The highest BCUT2D eigenvalue weighted by molar-refractivity contribution is 9.10. The molecule has 2 N–H and O–H groups in total. The van der Waals surface area contributed by atoms with Crippen LogP contribution in [0.4, 0.5) is 10.1 Å². The molecule has 0 fully saturated rings. The van der Waals surface area contributed by atoms with Gasteiger partial charge in [-0.15, -0.1) is 0 Å². The van der Waals surface area contributed by atoms with Gasteiger partial charge in [0.25, 0.3) is 0 Å². The Kier molecular flexibility index (Phi) is 8.90. The number of anilines is 1. The van der Waals surface area contributed by atoms with Crippen molar-refractivity contribution in [1.82, 2.24) is 10.3 Å². The van der Waals surface area contributed by atoms with Gasteiger partial charge in [0, 0.05) is 11.4 Å². The zero-order valence-corrected chi connectivity index (χ0v) is 18.4. The number of rotatable bonds is 10. The number of nitrogens with one attached hydrogen (secondary N) is 1. The predicted molar refractivity (Wildman–Crippen MR) is 107 cm³/mol. The molecule has 1 heterocycles. The van der Waals surface area contributed by atoms with Gasteiger partial charge in [-0.25, -0.2) is 9.02 Å². The van der Waals surface area contributed by atoms with Crippen molar-refractivity contribution in [2.45, 2.75) is 18.9 Å². The van der Waals surface area contributed by atoms with Crippen LogP contribution in [-0.2, 0) is 13.6 Å². The van der Waals surface area contributed by atoms with E-state index < -0.39 is 13.4 Å². The maximum atomic E-state index is 13.4. The summed E-state index contributed by atoms with van der Waals surface area (Å²) in [6.45, 7) is 4.03. The molecule has 0 bridgehead atoms. The second-order valence-corrected chi connectivity index (χ2v) is 9.26. The van der Waals surface area contributed by atoms with Gasteiger partial charge < -0.3 is 19.6 Å². The first-order valence-corrected chi connectivity index (χ1v) is 11.7. The molecule has 2 rings (SSSR count). The minimum atomic E-state index is -3.18. The highest BCUT2D eigenvalue weighted by Crippen LogP contribution is 2.48. The second-order valence-electron chi connectivity index (χ2n) is 5.14. The van der Waals surface area contributed by atoms with Gasteiger partial charge in [0.2, 0.25) is 5.84 Å². The molecule has 0 aliphatic heterocycles. The molecule has 154 valence electrons. The number of benzene rings is 1. The number of amidine groups is 1. The van der Waals surface area contributed by atoms with Crippen molar-refractivity contribution in [3.8, 4) is 0 Å². The lowest BCUT2D eigenvalue weighted by Crippen LogP contribution is -2.15. The number of halogens is 2. The van der Waals surface area contributed by atoms with Crippen molar-refractivity contribution in [2.24, 2.45) is 5.16 Å². The van der Waals surface area contributed by atoms with Crippen LogP contribution in [-0.4, -0.2) is 46.5 Å². The molecule has 0 saturated carbocycles. The van der Waals surface area contributed by atoms with Gasteiger partial charge in [0.1, 0.15) is 5.82 Å². The first-order chi connectivity index (χ1) is 13.4. The molecule has 0 unspecified atom stereocenters. The Bertz CT molecular complexity index is 859. The van der Waals surface area contributed by atoms with Crippen molar-refractivity contribution in [3.63, 3.8) is 0 Å². The van der Waals surface area contributed by atoms with Crippen LogP contribution in [0.15, 0.2) is 37.5 Å². The van der Waals surface area contributed by atoms with E-state index >= 15 is 0 Å². The van der Waals surface area contributed by atoms with Crippen LogP contribution in [0.25, 0.3) is 0 Å². The Morgan fingerprint density at radius 1 is 1.39 bits per heavy atom. The van der Waals surface area contributed by atoms with Crippen LogP contribution in [0.1, 0.15) is 19.5 Å². The summed E-state index contributed by atoms with van der Waals surface area (Å²) in [4.78, 5) is 0. The molecule has 28 heavy (non-hydrogen) atoms. The molecule has 2 aromatic rings. The minimum Gasteiger partial charge on any atom is -0.409 e. The van der Waals surface area contributed by atoms with E-state index in [-0.39, 0.29) is 35.4 Å². The van der Waals surface area contributed by atoms with E-state index in [4.69, 9.17) is 13.7 Å². The second kappa shape index (κ2) is 10.9. The fourth-order valence-electron chi connectivity index (χ4n) is 2.08. The van der Waals surface area contributed by atoms with Crippen LogP contribution in [0.2, 0.25) is 0 Å². The number of hydrogen-bond acceptors (Lipinski definition) is 9. The van der Waals surface area contributed by atoms with Gasteiger partial charge in [-0.05, 0) is 58.3 Å². The Balaban J connectivity index is 2.06. The Hall–Kier alpha value is -1.46. The van der Waals surface area contributed by atoms with Crippen LogP contribution in [0.5, 0.6) is 0 Å². The van der Waals surface area contributed by atoms with Crippen LogP contribution in [0.3, 0.4) is 0 Å². The average Bonchev–Trinajstić information content (AvgIpc) is 3.11. The van der Waals surface area contributed by atoms with E-state index in [0.717, 1.165) is 0 Å². The van der Waals surface area contributed by atoms with Gasteiger partial charge in [0.05, 0.1) is 23.8 Å². The fraction of sp³-hybridized carbons (Fsp3) is 0.400. The highest BCUT2D eigenvalue weighted by atomic mass is 79.9. The lowest BCUT2D eigenvalue weighted by molar-refractivity contribution is 0.221. The van der Waals surface area contributed by atoms with Gasteiger partial charge in [-0.1, -0.05) is 16.9 Å². The molecule has 0 atom stereocenters. The first kappa shape index (κ1) is 22.8. The molecule has 0 saturated heterocycles. The summed E-state index contributed by atoms with van der Waals surface area (Å²) < 4.78 is 41.3. The molecule has 0 aliphatic carbocycles. The van der Waals surface area contributed by atoms with Crippen molar-refractivity contribution in [2.75, 3.05) is 30.4 Å². The third-order valence-corrected chi connectivity index (χ3v) is 7.15. The molecule has 0 aliphatic rings. The average molecular weight is 497 g/mol. The van der Waals surface area contributed by atoms with Crippen LogP contribution >= 0.6 is 35.3 Å². The SMILES string of the molecule is CCOP(=O)(CCSc1nonc1/C(=N/O)Nc1ccc(F)c(Br)c1)OCC. The minimum absolute atomic E-state index is 0.0416. The normalized spacial score (nSPS) is 12.4. The van der Waals surface area contributed by atoms with Crippen molar-refractivity contribution >= 4 is 46.8 Å². The lowest BCUT2D eigenvalue weighted by Gasteiger charge is -2.16.